The summed E-state index contributed by atoms with van der Waals surface area (Å²) in [6, 6.07) is 7.41. The zero-order chi connectivity index (χ0) is 13.3. The molecule has 0 saturated heterocycles. The molecule has 0 amide bonds. The highest BCUT2D eigenvalue weighted by Crippen LogP contribution is 2.15. The van der Waals surface area contributed by atoms with E-state index in [9.17, 15) is 13.2 Å². The minimum absolute atomic E-state index is 0.0582. The molecular weight excluding hydrogens is 256 g/mol. The molecule has 18 heavy (non-hydrogen) atoms. The van der Waals surface area contributed by atoms with Crippen LogP contribution >= 0.6 is 0 Å². The molecule has 0 aliphatic rings. The second-order valence-electron chi connectivity index (χ2n) is 3.95. The van der Waals surface area contributed by atoms with Gasteiger partial charge in [0.2, 0.25) is 0 Å². The van der Waals surface area contributed by atoms with Gasteiger partial charge in [-0.2, -0.15) is 8.42 Å². The summed E-state index contributed by atoms with van der Waals surface area (Å²) in [7, 11) is -4.29. The Morgan fingerprint density at radius 3 is 2.56 bits per heavy atom. The lowest BCUT2D eigenvalue weighted by atomic mass is 10.2. The topological polar surface area (TPSA) is 92.2 Å². The van der Waals surface area contributed by atoms with Crippen LogP contribution in [0.4, 0.5) is 0 Å². The van der Waals surface area contributed by atoms with Crippen molar-refractivity contribution in [3.63, 3.8) is 0 Å². The number of aromatic nitrogens is 2. The average Bonchev–Trinajstić information content (AvgIpc) is 2.57. The maximum atomic E-state index is 11.5. The molecule has 2 rings (SSSR count). The van der Waals surface area contributed by atoms with Crippen molar-refractivity contribution >= 4 is 10.1 Å². The Morgan fingerprint density at radius 1 is 1.33 bits per heavy atom. The lowest BCUT2D eigenvalue weighted by Crippen LogP contribution is -2.18. The smallest absolute Gasteiger partial charge is 0.294 e. The van der Waals surface area contributed by atoms with E-state index in [2.05, 4.69) is 5.10 Å². The monoisotopic (exact) mass is 268 g/mol. The Balaban J connectivity index is 2.48. The molecule has 0 unspecified atom stereocenters. The van der Waals surface area contributed by atoms with Crippen LogP contribution in [-0.2, 0) is 16.7 Å². The Labute approximate surface area is 104 Å². The number of H-pyrrole nitrogens is 1. The Kier molecular flexibility index (Phi) is 3.10. The molecule has 0 saturated carbocycles. The van der Waals surface area contributed by atoms with Gasteiger partial charge in [0.25, 0.3) is 15.7 Å². The summed E-state index contributed by atoms with van der Waals surface area (Å²) in [6.45, 7) is 1.79. The minimum Gasteiger partial charge on any atom is -0.300 e. The second kappa shape index (κ2) is 4.43. The van der Waals surface area contributed by atoms with Gasteiger partial charge >= 0.3 is 0 Å². The predicted molar refractivity (Wildman–Crippen MR) is 65.1 cm³/mol. The van der Waals surface area contributed by atoms with Crippen LogP contribution in [0.1, 0.15) is 11.3 Å². The number of nitrogens with zero attached hydrogens (tertiary/aromatic N) is 1. The first-order chi connectivity index (χ1) is 8.38. The minimum atomic E-state index is -4.29. The molecule has 0 bridgehead atoms. The number of benzene rings is 1. The summed E-state index contributed by atoms with van der Waals surface area (Å²) in [5.41, 5.74) is 0.783. The molecule has 0 atom stereocenters. The third kappa shape index (κ3) is 2.52. The first-order valence-corrected chi connectivity index (χ1v) is 6.64. The van der Waals surface area contributed by atoms with E-state index in [1.165, 1.54) is 22.9 Å². The molecule has 0 aliphatic heterocycles. The molecule has 0 aliphatic carbocycles. The number of nitrogens with one attached hydrogen (secondary N) is 1. The first-order valence-electron chi connectivity index (χ1n) is 5.20. The van der Waals surface area contributed by atoms with Crippen molar-refractivity contribution in [2.75, 3.05) is 0 Å². The fourth-order valence-electron chi connectivity index (χ4n) is 1.74. The van der Waals surface area contributed by atoms with Gasteiger partial charge in [0.15, 0.2) is 0 Å². The summed E-state index contributed by atoms with van der Waals surface area (Å²) >= 11 is 0. The third-order valence-electron chi connectivity index (χ3n) is 2.50. The molecule has 2 N–H and O–H groups in total. The van der Waals surface area contributed by atoms with Gasteiger partial charge in [-0.15, -0.1) is 0 Å². The van der Waals surface area contributed by atoms with Crippen molar-refractivity contribution in [3.05, 3.63) is 51.9 Å². The summed E-state index contributed by atoms with van der Waals surface area (Å²) in [6.07, 6.45) is 0. The lowest BCUT2D eigenvalue weighted by Gasteiger charge is -2.07. The van der Waals surface area contributed by atoms with E-state index in [1.54, 1.807) is 19.1 Å². The summed E-state index contributed by atoms with van der Waals surface area (Å²) < 4.78 is 32.8. The third-order valence-corrected chi connectivity index (χ3v) is 3.45. The zero-order valence-corrected chi connectivity index (χ0v) is 10.4. The molecule has 7 heteroatoms. The van der Waals surface area contributed by atoms with Crippen molar-refractivity contribution in [1.29, 1.82) is 0 Å². The molecule has 1 heterocycles. The maximum absolute atomic E-state index is 11.5. The molecule has 1 aromatic heterocycles. The second-order valence-corrected chi connectivity index (χ2v) is 5.34. The fraction of sp³-hybridized carbons (Fsp3) is 0.182. The molecule has 0 fully saturated rings. The number of aromatic amines is 1. The number of aryl methyl sites for hydroxylation is 1. The van der Waals surface area contributed by atoms with E-state index in [0.717, 1.165) is 0 Å². The summed E-state index contributed by atoms with van der Waals surface area (Å²) in [5, 5.41) is 2.80. The largest absolute Gasteiger partial charge is 0.300 e. The Morgan fingerprint density at radius 2 is 2.00 bits per heavy atom. The van der Waals surface area contributed by atoms with Crippen molar-refractivity contribution in [3.8, 4) is 0 Å². The number of hydrogen-bond acceptors (Lipinski definition) is 3. The van der Waals surface area contributed by atoms with Crippen LogP contribution in [0.2, 0.25) is 0 Å². The van der Waals surface area contributed by atoms with Crippen LogP contribution in [0.25, 0.3) is 0 Å². The van der Waals surface area contributed by atoms with Crippen LogP contribution < -0.4 is 5.56 Å². The summed E-state index contributed by atoms with van der Waals surface area (Å²) in [4.78, 5) is 11.3. The van der Waals surface area contributed by atoms with Gasteiger partial charge in [0.1, 0.15) is 0 Å². The van der Waals surface area contributed by atoms with Gasteiger partial charge in [-0.1, -0.05) is 18.2 Å². The van der Waals surface area contributed by atoms with Crippen LogP contribution in [-0.4, -0.2) is 22.8 Å². The van der Waals surface area contributed by atoms with Crippen molar-refractivity contribution in [2.45, 2.75) is 18.4 Å². The average molecular weight is 268 g/mol. The van der Waals surface area contributed by atoms with Gasteiger partial charge in [-0.3, -0.25) is 14.4 Å². The molecule has 1 aromatic carbocycles. The highest BCUT2D eigenvalue weighted by atomic mass is 32.2. The van der Waals surface area contributed by atoms with Gasteiger partial charge in [-0.05, 0) is 18.6 Å². The SMILES string of the molecule is Cc1cc(=O)n(Cc2ccccc2S(=O)(=O)O)[nH]1. The Hall–Kier alpha value is -1.86. The van der Waals surface area contributed by atoms with Crippen LogP contribution in [0.15, 0.2) is 40.0 Å². The van der Waals surface area contributed by atoms with E-state index >= 15 is 0 Å². The Bertz CT molecular complexity index is 727. The van der Waals surface area contributed by atoms with E-state index in [0.29, 0.717) is 11.3 Å². The van der Waals surface area contributed by atoms with Crippen LogP contribution in [0.3, 0.4) is 0 Å². The molecule has 6 nitrogen and oxygen atoms in total. The summed E-state index contributed by atoms with van der Waals surface area (Å²) in [5.74, 6) is 0. The van der Waals surface area contributed by atoms with Gasteiger partial charge in [0.05, 0.1) is 11.4 Å². The number of rotatable bonds is 3. The van der Waals surface area contributed by atoms with Gasteiger partial charge in [0, 0.05) is 11.8 Å². The molecular formula is C11H12N2O4S. The van der Waals surface area contributed by atoms with Crippen LogP contribution in [0.5, 0.6) is 0 Å². The maximum Gasteiger partial charge on any atom is 0.294 e. The molecule has 0 spiro atoms. The normalized spacial score (nSPS) is 11.7. The quantitative estimate of drug-likeness (QED) is 0.805. The fourth-order valence-corrected chi connectivity index (χ4v) is 2.45. The standard InChI is InChI=1S/C11H12N2O4S/c1-8-6-11(14)13(12-8)7-9-4-2-3-5-10(9)18(15,16)17/h2-6,12H,7H2,1H3,(H,15,16,17). The van der Waals surface area contributed by atoms with E-state index in [1.807, 2.05) is 0 Å². The zero-order valence-electron chi connectivity index (χ0n) is 9.62. The molecule has 96 valence electrons. The van der Waals surface area contributed by atoms with Crippen molar-refractivity contribution < 1.29 is 13.0 Å². The molecule has 2 aromatic rings. The lowest BCUT2D eigenvalue weighted by molar-refractivity contribution is 0.481. The van der Waals surface area contributed by atoms with Crippen LogP contribution in [0, 0.1) is 6.92 Å². The van der Waals surface area contributed by atoms with Gasteiger partial charge < -0.3 is 0 Å². The predicted octanol–water partition coefficient (Wildman–Crippen LogP) is 0.780. The highest BCUT2D eigenvalue weighted by Gasteiger charge is 2.15. The first kappa shape index (κ1) is 12.6. The molecule has 0 radical (unpaired) electrons. The highest BCUT2D eigenvalue weighted by molar-refractivity contribution is 7.85. The van der Waals surface area contributed by atoms with Gasteiger partial charge in [-0.25, -0.2) is 4.68 Å². The van der Waals surface area contributed by atoms with Crippen molar-refractivity contribution in [1.82, 2.24) is 9.78 Å². The van der Waals surface area contributed by atoms with Crippen molar-refractivity contribution in [2.24, 2.45) is 0 Å². The van der Waals surface area contributed by atoms with E-state index in [4.69, 9.17) is 4.55 Å². The van der Waals surface area contributed by atoms with E-state index in [-0.39, 0.29) is 17.0 Å². The van der Waals surface area contributed by atoms with E-state index < -0.39 is 10.1 Å². The number of hydrogen-bond donors (Lipinski definition) is 2.